The third-order valence-corrected chi connectivity index (χ3v) is 11.4. The Morgan fingerprint density at radius 2 is 1.76 bits per heavy atom. The first-order valence-electron chi connectivity index (χ1n) is 11.5. The van der Waals surface area contributed by atoms with Gasteiger partial charge in [-0.1, -0.05) is 38.2 Å². The third-order valence-electron chi connectivity index (χ3n) is 7.80. The second-order valence-corrected chi connectivity index (χ2v) is 16.5. The van der Waals surface area contributed by atoms with Crippen LogP contribution in [0.1, 0.15) is 55.5 Å². The summed E-state index contributed by atoms with van der Waals surface area (Å²) in [4.78, 5) is 28.2. The number of benzene rings is 1. The number of urea groups is 1. The van der Waals surface area contributed by atoms with E-state index in [0.717, 1.165) is 30.5 Å². The van der Waals surface area contributed by atoms with Crippen molar-refractivity contribution in [2.45, 2.75) is 83.7 Å². The molecule has 1 aliphatic carbocycles. The fraction of sp³-hybridized carbons (Fsp3) is 0.542. The van der Waals surface area contributed by atoms with Crippen LogP contribution in [0.3, 0.4) is 0 Å². The van der Waals surface area contributed by atoms with Crippen LogP contribution in [0.5, 0.6) is 0 Å². The van der Waals surface area contributed by atoms with Gasteiger partial charge in [0.2, 0.25) is 5.91 Å². The van der Waals surface area contributed by atoms with Gasteiger partial charge in [-0.3, -0.25) is 9.89 Å². The zero-order valence-corrected chi connectivity index (χ0v) is 21.6. The van der Waals surface area contributed by atoms with E-state index in [1.54, 1.807) is 30.9 Å². The lowest BCUT2D eigenvalue weighted by Crippen LogP contribution is -2.52. The number of fused-ring (bicyclic) bond motifs is 1. The van der Waals surface area contributed by atoms with E-state index in [-0.39, 0.29) is 23.2 Å². The van der Waals surface area contributed by atoms with Gasteiger partial charge in [0, 0.05) is 10.6 Å². The summed E-state index contributed by atoms with van der Waals surface area (Å²) in [5.41, 5.74) is 2.22. The van der Waals surface area contributed by atoms with Crippen LogP contribution < -0.4 is 10.6 Å². The number of carbonyl (C=O) groups is 2. The van der Waals surface area contributed by atoms with Crippen molar-refractivity contribution in [2.24, 2.45) is 0 Å². The van der Waals surface area contributed by atoms with Gasteiger partial charge in [-0.2, -0.15) is 5.10 Å². The van der Waals surface area contributed by atoms with Crippen molar-refractivity contribution in [3.05, 3.63) is 40.3 Å². The van der Waals surface area contributed by atoms with Crippen molar-refractivity contribution in [1.82, 2.24) is 15.1 Å². The molecule has 0 radical (unpaired) electrons. The molecule has 2 heterocycles. The van der Waals surface area contributed by atoms with Gasteiger partial charge < -0.3 is 15.5 Å². The van der Waals surface area contributed by atoms with E-state index < -0.39 is 25.5 Å². The minimum absolute atomic E-state index is 0.0420. The molecule has 4 rings (SSSR count). The Hall–Kier alpha value is -2.68. The van der Waals surface area contributed by atoms with E-state index in [9.17, 15) is 14.0 Å². The molecule has 33 heavy (non-hydrogen) atoms. The van der Waals surface area contributed by atoms with Gasteiger partial charge in [0.25, 0.3) is 0 Å². The molecule has 0 saturated heterocycles. The predicted octanol–water partition coefficient (Wildman–Crippen LogP) is 5.65. The monoisotopic (exact) mass is 471 g/mol. The Kier molecular flexibility index (Phi) is 5.46. The molecule has 3 N–H and O–H groups in total. The largest absolute Gasteiger partial charge is 0.323 e. The molecular formula is C24H34FN5O2Si. The molecule has 1 aliphatic heterocycles. The molecule has 0 unspecified atom stereocenters. The average molecular weight is 472 g/mol. The Morgan fingerprint density at radius 3 is 2.33 bits per heavy atom. The van der Waals surface area contributed by atoms with Gasteiger partial charge in [-0.15, -0.1) is 0 Å². The van der Waals surface area contributed by atoms with E-state index >= 15 is 0 Å². The number of hydrogen-bond acceptors (Lipinski definition) is 3. The SMILES string of the molecule is Cc1ccc(C)c(NC(=O)N2Cc3c(NC(=O)C4([Si](C)(C)C)CCC4)n[nH]c3C2(C)C)c1F. The number of nitrogens with one attached hydrogen (secondary N) is 3. The number of aryl methyl sites for hydroxylation is 2. The van der Waals surface area contributed by atoms with Gasteiger partial charge in [0.05, 0.1) is 31.5 Å². The van der Waals surface area contributed by atoms with Crippen LogP contribution in [-0.2, 0) is 16.9 Å². The summed E-state index contributed by atoms with van der Waals surface area (Å²) < 4.78 is 14.7. The predicted molar refractivity (Wildman–Crippen MR) is 131 cm³/mol. The van der Waals surface area contributed by atoms with E-state index in [2.05, 4.69) is 40.5 Å². The molecule has 1 aromatic heterocycles. The summed E-state index contributed by atoms with van der Waals surface area (Å²) >= 11 is 0. The van der Waals surface area contributed by atoms with Crippen LogP contribution in [0.15, 0.2) is 12.1 Å². The summed E-state index contributed by atoms with van der Waals surface area (Å²) in [6.45, 7) is 14.3. The molecule has 1 aromatic carbocycles. The maximum absolute atomic E-state index is 14.7. The van der Waals surface area contributed by atoms with Crippen molar-refractivity contribution in [2.75, 3.05) is 10.6 Å². The minimum Gasteiger partial charge on any atom is -0.309 e. The summed E-state index contributed by atoms with van der Waals surface area (Å²) in [6.07, 6.45) is 2.91. The smallest absolute Gasteiger partial charge is 0.309 e. The van der Waals surface area contributed by atoms with Crippen molar-refractivity contribution in [1.29, 1.82) is 0 Å². The minimum atomic E-state index is -1.72. The number of rotatable bonds is 4. The molecule has 2 aliphatic rings. The highest BCUT2D eigenvalue weighted by Gasteiger charge is 2.54. The summed E-state index contributed by atoms with van der Waals surface area (Å²) in [6, 6.07) is 3.09. The lowest BCUT2D eigenvalue weighted by Gasteiger charge is -2.48. The molecule has 0 bridgehead atoms. The standard InChI is InChI=1S/C24H34FN5O2Si/c1-14-9-10-15(2)18(17(14)25)26-22(32)30-13-16-19(23(30,3)4)28-29-20(16)27-21(31)24(11-8-12-24)33(5,6)7/h9-10H,8,11-13H2,1-7H3,(H,26,32)(H2,27,28,29,31). The van der Waals surface area contributed by atoms with Gasteiger partial charge in [0.15, 0.2) is 5.82 Å². The van der Waals surface area contributed by atoms with Crippen molar-refractivity contribution >= 4 is 31.5 Å². The van der Waals surface area contributed by atoms with Crippen LogP contribution in [0.25, 0.3) is 0 Å². The Bertz CT molecular complexity index is 1130. The summed E-state index contributed by atoms with van der Waals surface area (Å²) in [5, 5.41) is 13.0. The third kappa shape index (κ3) is 3.57. The Balaban J connectivity index is 1.57. The summed E-state index contributed by atoms with van der Waals surface area (Å²) in [7, 11) is -1.72. The number of aromatic nitrogens is 2. The molecule has 178 valence electrons. The van der Waals surface area contributed by atoms with Crippen LogP contribution in [-0.4, -0.2) is 35.1 Å². The van der Waals surface area contributed by atoms with E-state index in [1.807, 2.05) is 13.8 Å². The fourth-order valence-corrected chi connectivity index (χ4v) is 7.72. The maximum Gasteiger partial charge on any atom is 0.323 e. The van der Waals surface area contributed by atoms with Gasteiger partial charge in [-0.05, 0) is 51.7 Å². The molecular weight excluding hydrogens is 437 g/mol. The number of hydrogen-bond donors (Lipinski definition) is 3. The zero-order valence-electron chi connectivity index (χ0n) is 20.6. The van der Waals surface area contributed by atoms with Crippen LogP contribution >= 0.6 is 0 Å². The molecule has 0 atom stereocenters. The van der Waals surface area contributed by atoms with Gasteiger partial charge in [-0.25, -0.2) is 9.18 Å². The highest BCUT2D eigenvalue weighted by molar-refractivity contribution is 6.83. The maximum atomic E-state index is 14.7. The molecule has 3 amide bonds. The number of carbonyl (C=O) groups excluding carboxylic acids is 2. The molecule has 1 fully saturated rings. The van der Waals surface area contributed by atoms with E-state index in [0.29, 0.717) is 16.9 Å². The topological polar surface area (TPSA) is 90.1 Å². The molecule has 7 nitrogen and oxygen atoms in total. The number of aromatic amines is 1. The van der Waals surface area contributed by atoms with Gasteiger partial charge in [0.1, 0.15) is 5.82 Å². The average Bonchev–Trinajstić information content (AvgIpc) is 3.18. The molecule has 9 heteroatoms. The van der Waals surface area contributed by atoms with Crippen molar-refractivity contribution in [3.63, 3.8) is 0 Å². The molecule has 2 aromatic rings. The first kappa shape index (κ1) is 23.5. The molecule has 0 spiro atoms. The first-order chi connectivity index (χ1) is 15.3. The van der Waals surface area contributed by atoms with Gasteiger partial charge >= 0.3 is 6.03 Å². The summed E-state index contributed by atoms with van der Waals surface area (Å²) in [5.74, 6) is 0.104. The normalized spacial score (nSPS) is 18.5. The van der Waals surface area contributed by atoms with Crippen LogP contribution in [0.2, 0.25) is 24.7 Å². The molecule has 1 saturated carbocycles. The number of amides is 3. The van der Waals surface area contributed by atoms with E-state index in [1.165, 1.54) is 0 Å². The zero-order chi connectivity index (χ0) is 24.3. The van der Waals surface area contributed by atoms with E-state index in [4.69, 9.17) is 0 Å². The highest BCUT2D eigenvalue weighted by atomic mass is 28.3. The number of halogens is 1. The number of H-pyrrole nitrogens is 1. The van der Waals surface area contributed by atoms with Crippen LogP contribution in [0.4, 0.5) is 20.7 Å². The highest BCUT2D eigenvalue weighted by Crippen LogP contribution is 2.56. The number of anilines is 2. The van der Waals surface area contributed by atoms with Crippen molar-refractivity contribution < 1.29 is 14.0 Å². The number of nitrogens with zero attached hydrogens (tertiary/aromatic N) is 2. The Morgan fingerprint density at radius 1 is 1.12 bits per heavy atom. The van der Waals surface area contributed by atoms with Crippen molar-refractivity contribution in [3.8, 4) is 0 Å². The second-order valence-electron chi connectivity index (χ2n) is 11.0. The first-order valence-corrected chi connectivity index (χ1v) is 15.0. The second kappa shape index (κ2) is 7.68. The van der Waals surface area contributed by atoms with Crippen LogP contribution in [0, 0.1) is 19.7 Å². The lowest BCUT2D eigenvalue weighted by molar-refractivity contribution is -0.121. The quantitative estimate of drug-likeness (QED) is 0.503. The lowest BCUT2D eigenvalue weighted by atomic mass is 9.83. The fourth-order valence-electron chi connectivity index (χ4n) is 5.12. The Labute approximate surface area is 195 Å².